The molecule has 4 aliphatic rings. The number of anilines is 1. The van der Waals surface area contributed by atoms with Crippen LogP contribution in [0.5, 0.6) is 5.75 Å². The zero-order chi connectivity index (χ0) is 29.9. The maximum atomic E-state index is 13.3. The van der Waals surface area contributed by atoms with E-state index in [2.05, 4.69) is 21.8 Å². The van der Waals surface area contributed by atoms with Crippen molar-refractivity contribution in [3.63, 3.8) is 0 Å². The summed E-state index contributed by atoms with van der Waals surface area (Å²) in [5.41, 5.74) is 2.30. The molecule has 0 unspecified atom stereocenters. The number of ether oxygens (including phenoxy) is 1. The van der Waals surface area contributed by atoms with Crippen molar-refractivity contribution in [3.8, 4) is 5.75 Å². The quantitative estimate of drug-likeness (QED) is 0.374. The van der Waals surface area contributed by atoms with E-state index in [-0.39, 0.29) is 28.7 Å². The molecule has 0 saturated heterocycles. The van der Waals surface area contributed by atoms with E-state index >= 15 is 0 Å². The molecular weight excluding hydrogens is 572 g/mol. The van der Waals surface area contributed by atoms with E-state index in [4.69, 9.17) is 16.3 Å². The molecule has 1 spiro atoms. The van der Waals surface area contributed by atoms with E-state index in [1.165, 1.54) is 11.1 Å². The molecule has 7 nitrogen and oxygen atoms in total. The zero-order valence-electron chi connectivity index (χ0n) is 24.6. The topological polar surface area (TPSA) is 95.9 Å². The number of aliphatic hydroxyl groups is 1. The predicted octanol–water partition coefficient (Wildman–Crippen LogP) is 5.63. The molecule has 1 saturated carbocycles. The summed E-state index contributed by atoms with van der Waals surface area (Å²) in [6.45, 7) is 7.23. The molecule has 2 N–H and O–H groups in total. The molecule has 226 valence electrons. The van der Waals surface area contributed by atoms with E-state index in [0.29, 0.717) is 31.9 Å². The molecule has 9 heteroatoms. The fourth-order valence-electron chi connectivity index (χ4n) is 7.52. The third-order valence-corrected chi connectivity index (χ3v) is 12.6. The number of fused-ring (bicyclic) bond motifs is 4. The Kier molecular flexibility index (Phi) is 7.64. The van der Waals surface area contributed by atoms with Crippen LogP contribution in [-0.4, -0.2) is 50.0 Å². The van der Waals surface area contributed by atoms with Gasteiger partial charge in [0.25, 0.3) is 5.91 Å². The highest BCUT2D eigenvalue weighted by atomic mass is 35.5. The Morgan fingerprint density at radius 3 is 2.71 bits per heavy atom. The lowest BCUT2D eigenvalue weighted by Crippen LogP contribution is -2.51. The van der Waals surface area contributed by atoms with Gasteiger partial charge >= 0.3 is 0 Å². The monoisotopic (exact) mass is 612 g/mol. The van der Waals surface area contributed by atoms with Crippen molar-refractivity contribution in [2.45, 2.75) is 75.6 Å². The number of halogens is 1. The van der Waals surface area contributed by atoms with Gasteiger partial charge in [0.1, 0.15) is 5.75 Å². The van der Waals surface area contributed by atoms with E-state index in [1.807, 2.05) is 32.1 Å². The van der Waals surface area contributed by atoms with E-state index in [9.17, 15) is 18.3 Å². The van der Waals surface area contributed by atoms with Crippen LogP contribution in [0.25, 0.3) is 0 Å². The van der Waals surface area contributed by atoms with Crippen molar-refractivity contribution in [3.05, 3.63) is 70.3 Å². The number of hydrogen-bond acceptors (Lipinski definition) is 6. The van der Waals surface area contributed by atoms with Gasteiger partial charge in [-0.25, -0.2) is 13.1 Å². The van der Waals surface area contributed by atoms with Crippen LogP contribution in [0.2, 0.25) is 5.02 Å². The number of rotatable bonds is 0. The number of nitrogens with zero attached hydrogens (tertiary/aromatic N) is 1. The Balaban J connectivity index is 1.44. The summed E-state index contributed by atoms with van der Waals surface area (Å²) < 4.78 is 35.2. The predicted molar refractivity (Wildman–Crippen MR) is 166 cm³/mol. The molecule has 0 radical (unpaired) electrons. The van der Waals surface area contributed by atoms with Gasteiger partial charge in [-0.2, -0.15) is 0 Å². The van der Waals surface area contributed by atoms with Crippen LogP contribution in [0, 0.1) is 17.8 Å². The first-order chi connectivity index (χ1) is 19.9. The number of hydrogen-bond donors (Lipinski definition) is 2. The average Bonchev–Trinajstić information content (AvgIpc) is 3.06. The Hall–Kier alpha value is -2.55. The van der Waals surface area contributed by atoms with Gasteiger partial charge in [-0.15, -0.1) is 0 Å². The molecule has 6 rings (SSSR count). The fraction of sp³-hybridized carbons (Fsp3) is 0.545. The van der Waals surface area contributed by atoms with Gasteiger partial charge in [-0.05, 0) is 112 Å². The first-order valence-corrected chi connectivity index (χ1v) is 17.1. The number of nitrogens with one attached hydrogen (secondary N) is 1. The van der Waals surface area contributed by atoms with Crippen molar-refractivity contribution in [2.24, 2.45) is 17.8 Å². The van der Waals surface area contributed by atoms with Gasteiger partial charge in [-0.3, -0.25) is 4.79 Å². The minimum Gasteiger partial charge on any atom is -0.490 e. The highest BCUT2D eigenvalue weighted by molar-refractivity contribution is 7.90. The number of carbonyl (C=O) groups is 1. The Morgan fingerprint density at radius 1 is 1.14 bits per heavy atom. The van der Waals surface area contributed by atoms with Gasteiger partial charge < -0.3 is 14.7 Å². The number of carbonyl (C=O) groups excluding carboxylic acids is 1. The molecule has 1 amide bonds. The molecule has 42 heavy (non-hydrogen) atoms. The fourth-order valence-corrected chi connectivity index (χ4v) is 9.00. The number of aryl methyl sites for hydroxylation is 1. The van der Waals surface area contributed by atoms with Gasteiger partial charge in [0.15, 0.2) is 0 Å². The van der Waals surface area contributed by atoms with Gasteiger partial charge in [0.05, 0.1) is 23.1 Å². The standard InChI is InChI=1S/C33H41ClN2O5S/c1-21-6-4-14-32(3,38)27-11-8-25(27)18-36-19-33(15-5-7-23-16-26(34)10-12-28(23)33)20-41-30-13-9-24(17-29(30)36)31(37)35-42(39,40)22(21)2/h4,9-10,12-14,16-17,21-22,25,27,38H,5-8,11,15,18-20H2,1-3H3,(H,35,37)/b14-4-/t21-,22+,25-,27+,32-,33-/m0/s1. The molecule has 2 aliphatic heterocycles. The lowest BCUT2D eigenvalue weighted by molar-refractivity contribution is -0.0314. The number of amides is 1. The van der Waals surface area contributed by atoms with Gasteiger partial charge in [-0.1, -0.05) is 36.7 Å². The lowest BCUT2D eigenvalue weighted by Gasteiger charge is -2.48. The largest absolute Gasteiger partial charge is 0.490 e. The Labute approximate surface area is 254 Å². The van der Waals surface area contributed by atoms with E-state index in [1.54, 1.807) is 25.1 Å². The van der Waals surface area contributed by atoms with Crippen LogP contribution in [-0.2, 0) is 21.9 Å². The van der Waals surface area contributed by atoms with Crippen molar-refractivity contribution < 1.29 is 23.1 Å². The molecule has 2 bridgehead atoms. The van der Waals surface area contributed by atoms with Crippen LogP contribution in [0.15, 0.2) is 48.6 Å². The van der Waals surface area contributed by atoms with Gasteiger partial charge in [0.2, 0.25) is 10.0 Å². The maximum absolute atomic E-state index is 13.3. The Morgan fingerprint density at radius 2 is 1.95 bits per heavy atom. The van der Waals surface area contributed by atoms with Crippen molar-refractivity contribution in [2.75, 3.05) is 24.6 Å². The molecule has 2 heterocycles. The summed E-state index contributed by atoms with van der Waals surface area (Å²) in [6.07, 6.45) is 9.12. The van der Waals surface area contributed by atoms with Crippen LogP contribution in [0.3, 0.4) is 0 Å². The number of sulfonamides is 1. The highest BCUT2D eigenvalue weighted by Crippen LogP contribution is 2.48. The first-order valence-electron chi connectivity index (χ1n) is 15.2. The average molecular weight is 613 g/mol. The molecule has 2 aliphatic carbocycles. The third-order valence-electron chi connectivity index (χ3n) is 10.4. The summed E-state index contributed by atoms with van der Waals surface area (Å²) in [6, 6.07) is 11.4. The number of benzene rings is 2. The summed E-state index contributed by atoms with van der Waals surface area (Å²) in [4.78, 5) is 15.7. The minimum atomic E-state index is -3.93. The molecular formula is C33H41ClN2O5S. The second-order valence-electron chi connectivity index (χ2n) is 13.3. The normalized spacial score (nSPS) is 35.1. The second kappa shape index (κ2) is 10.9. The van der Waals surface area contributed by atoms with Crippen LogP contribution in [0.1, 0.15) is 74.4 Å². The van der Waals surface area contributed by atoms with Crippen LogP contribution < -0.4 is 14.4 Å². The van der Waals surface area contributed by atoms with E-state index in [0.717, 1.165) is 42.8 Å². The molecule has 2 aromatic carbocycles. The minimum absolute atomic E-state index is 0.0746. The number of allylic oxidation sites excluding steroid dienone is 1. The maximum Gasteiger partial charge on any atom is 0.264 e. The van der Waals surface area contributed by atoms with Crippen LogP contribution >= 0.6 is 11.6 Å². The molecule has 0 aromatic heterocycles. The summed E-state index contributed by atoms with van der Waals surface area (Å²) in [7, 11) is -3.93. The third kappa shape index (κ3) is 5.35. The highest BCUT2D eigenvalue weighted by Gasteiger charge is 2.46. The molecule has 1 fully saturated rings. The van der Waals surface area contributed by atoms with Crippen molar-refractivity contribution in [1.82, 2.24) is 4.72 Å². The Bertz CT molecular complexity index is 1520. The first kappa shape index (κ1) is 29.5. The summed E-state index contributed by atoms with van der Waals surface area (Å²) >= 11 is 6.39. The molecule has 2 aromatic rings. The smallest absolute Gasteiger partial charge is 0.264 e. The van der Waals surface area contributed by atoms with Crippen molar-refractivity contribution >= 4 is 33.2 Å². The van der Waals surface area contributed by atoms with E-state index < -0.39 is 26.8 Å². The lowest BCUT2D eigenvalue weighted by atomic mass is 9.64. The zero-order valence-corrected chi connectivity index (χ0v) is 26.2. The SMILES string of the molecule is C[C@@H]1[C@@H](C)C/C=C\[C@](C)(O)[C@@H]2CC[C@H]2CN2C[C@@]3(CCCc4cc(Cl)ccc43)COc3ccc(cc32)C(=O)NS1(=O)=O. The summed E-state index contributed by atoms with van der Waals surface area (Å²) in [5.74, 6) is 0.125. The summed E-state index contributed by atoms with van der Waals surface area (Å²) in [5, 5.41) is 11.5. The second-order valence-corrected chi connectivity index (χ2v) is 15.7. The van der Waals surface area contributed by atoms with Gasteiger partial charge in [0, 0.05) is 29.1 Å². The van der Waals surface area contributed by atoms with Crippen molar-refractivity contribution in [1.29, 1.82) is 0 Å². The van der Waals surface area contributed by atoms with Crippen LogP contribution in [0.4, 0.5) is 5.69 Å². The molecule has 6 atom stereocenters.